The predicted octanol–water partition coefficient (Wildman–Crippen LogP) is 1.55. The number of nitrogens with zero attached hydrogens (tertiary/aromatic N) is 2. The van der Waals surface area contributed by atoms with E-state index in [1.807, 2.05) is 50.1 Å². The van der Waals surface area contributed by atoms with E-state index in [2.05, 4.69) is 5.10 Å². The van der Waals surface area contributed by atoms with E-state index in [0.29, 0.717) is 0 Å². The average molecular weight is 279 g/mol. The molecular formula is C14H21N3O3. The molecule has 20 heavy (non-hydrogen) atoms. The van der Waals surface area contributed by atoms with E-state index in [4.69, 9.17) is 9.94 Å². The van der Waals surface area contributed by atoms with Crippen molar-refractivity contribution in [3.63, 3.8) is 0 Å². The molecule has 0 radical (unpaired) electrons. The Bertz CT molecular complexity index is 476. The molecule has 6 heteroatoms. The topological polar surface area (TPSA) is 74.2 Å². The minimum Gasteiger partial charge on any atom is -0.468 e. The summed E-state index contributed by atoms with van der Waals surface area (Å²) < 4.78 is 4.76. The molecule has 110 valence electrons. The Balaban J connectivity index is 2.88. The van der Waals surface area contributed by atoms with Gasteiger partial charge in [0, 0.05) is 6.04 Å². The van der Waals surface area contributed by atoms with Crippen LogP contribution in [0.3, 0.4) is 0 Å². The first-order valence-electron chi connectivity index (χ1n) is 6.33. The van der Waals surface area contributed by atoms with Gasteiger partial charge >= 0.3 is 5.97 Å². The van der Waals surface area contributed by atoms with Crippen molar-refractivity contribution >= 4 is 12.2 Å². The van der Waals surface area contributed by atoms with Gasteiger partial charge < -0.3 is 4.74 Å². The number of likely N-dealkylation sites (N-methyl/N-ethyl adjacent to an activating group) is 1. The SMILES string of the molecule is COC(=O)[C@H](C)N(C)[C@H](C)c1cccc(/C=N\NO)c1. The molecule has 0 unspecified atom stereocenters. The fourth-order valence-corrected chi connectivity index (χ4v) is 1.91. The number of hydrazone groups is 1. The number of carbonyl (C=O) groups is 1. The Morgan fingerprint density at radius 3 is 2.80 bits per heavy atom. The highest BCUT2D eigenvalue weighted by Gasteiger charge is 2.23. The van der Waals surface area contributed by atoms with Gasteiger partial charge in [0.2, 0.25) is 0 Å². The predicted molar refractivity (Wildman–Crippen MR) is 76.6 cm³/mol. The summed E-state index contributed by atoms with van der Waals surface area (Å²) in [6, 6.07) is 7.43. The summed E-state index contributed by atoms with van der Waals surface area (Å²) in [7, 11) is 3.26. The molecule has 2 N–H and O–H groups in total. The first kappa shape index (κ1) is 16.1. The number of carbonyl (C=O) groups excluding carboxylic acids is 1. The minimum absolute atomic E-state index is 0.0412. The third kappa shape index (κ3) is 4.04. The lowest BCUT2D eigenvalue weighted by atomic mass is 10.0. The van der Waals surface area contributed by atoms with Gasteiger partial charge in [-0.1, -0.05) is 18.2 Å². The molecular weight excluding hydrogens is 258 g/mol. The zero-order valence-corrected chi connectivity index (χ0v) is 12.2. The zero-order chi connectivity index (χ0) is 15.1. The molecule has 0 aliphatic heterocycles. The second-order valence-electron chi connectivity index (χ2n) is 4.57. The molecule has 0 amide bonds. The van der Waals surface area contributed by atoms with E-state index in [1.165, 1.54) is 13.3 Å². The molecule has 0 heterocycles. The minimum atomic E-state index is -0.327. The first-order chi connectivity index (χ1) is 9.51. The van der Waals surface area contributed by atoms with Crippen molar-refractivity contribution in [1.29, 1.82) is 0 Å². The van der Waals surface area contributed by atoms with Crippen LogP contribution in [0, 0.1) is 0 Å². The van der Waals surface area contributed by atoms with Crippen LogP contribution < -0.4 is 5.59 Å². The molecule has 0 saturated heterocycles. The second kappa shape index (κ2) is 7.62. The number of rotatable bonds is 6. The van der Waals surface area contributed by atoms with Gasteiger partial charge in [0.1, 0.15) is 6.04 Å². The van der Waals surface area contributed by atoms with Gasteiger partial charge in [0.15, 0.2) is 0 Å². The number of ether oxygens (including phenoxy) is 1. The van der Waals surface area contributed by atoms with Crippen LogP contribution in [0.4, 0.5) is 0 Å². The van der Waals surface area contributed by atoms with Crippen molar-refractivity contribution in [2.75, 3.05) is 14.2 Å². The molecule has 6 nitrogen and oxygen atoms in total. The molecule has 1 aromatic carbocycles. The first-order valence-corrected chi connectivity index (χ1v) is 6.33. The Labute approximate surface area is 119 Å². The van der Waals surface area contributed by atoms with Crippen molar-refractivity contribution in [3.05, 3.63) is 35.4 Å². The highest BCUT2D eigenvalue weighted by atomic mass is 16.5. The summed E-state index contributed by atoms with van der Waals surface area (Å²) in [5, 5.41) is 12.0. The fourth-order valence-electron chi connectivity index (χ4n) is 1.91. The van der Waals surface area contributed by atoms with E-state index in [9.17, 15) is 4.79 Å². The molecule has 1 aromatic rings. The van der Waals surface area contributed by atoms with Gasteiger partial charge in [0.05, 0.1) is 13.3 Å². The largest absolute Gasteiger partial charge is 0.468 e. The van der Waals surface area contributed by atoms with Crippen LogP contribution in [0.15, 0.2) is 29.4 Å². The van der Waals surface area contributed by atoms with Gasteiger partial charge in [0.25, 0.3) is 0 Å². The third-order valence-electron chi connectivity index (χ3n) is 3.43. The monoisotopic (exact) mass is 279 g/mol. The number of benzene rings is 1. The van der Waals surface area contributed by atoms with E-state index in [1.54, 1.807) is 5.59 Å². The fraction of sp³-hybridized carbons (Fsp3) is 0.429. The van der Waals surface area contributed by atoms with E-state index < -0.39 is 0 Å². The maximum Gasteiger partial charge on any atom is 0.322 e. The number of nitrogens with one attached hydrogen (secondary N) is 1. The maximum atomic E-state index is 11.6. The molecule has 0 aliphatic rings. The molecule has 1 rings (SSSR count). The average Bonchev–Trinajstić information content (AvgIpc) is 2.50. The van der Waals surface area contributed by atoms with Crippen LogP contribution >= 0.6 is 0 Å². The van der Waals surface area contributed by atoms with Gasteiger partial charge in [-0.05, 0) is 38.1 Å². The van der Waals surface area contributed by atoms with Crippen LogP contribution in [0.2, 0.25) is 0 Å². The highest BCUT2D eigenvalue weighted by molar-refractivity contribution is 5.79. The molecule has 0 fully saturated rings. The van der Waals surface area contributed by atoms with Crippen molar-refractivity contribution in [3.8, 4) is 0 Å². The van der Waals surface area contributed by atoms with Crippen LogP contribution in [0.5, 0.6) is 0 Å². The third-order valence-corrected chi connectivity index (χ3v) is 3.43. The Morgan fingerprint density at radius 1 is 1.50 bits per heavy atom. The van der Waals surface area contributed by atoms with Crippen molar-refractivity contribution in [1.82, 2.24) is 10.5 Å². The Morgan fingerprint density at radius 2 is 2.20 bits per heavy atom. The summed E-state index contributed by atoms with van der Waals surface area (Å²) in [5.41, 5.74) is 3.63. The van der Waals surface area contributed by atoms with Gasteiger partial charge in [-0.25, -0.2) is 0 Å². The standard InChI is InChI=1S/C14H21N3O3/c1-10(17(3)11(2)14(18)20-4)13-7-5-6-12(8-13)9-15-16-19/h5-11,16,19H,1-4H3/b15-9-/t10-,11+/m1/s1. The quantitative estimate of drug-likeness (QED) is 0.469. The van der Waals surface area contributed by atoms with Crippen LogP contribution in [0.1, 0.15) is 31.0 Å². The molecule has 0 bridgehead atoms. The van der Waals surface area contributed by atoms with Crippen LogP contribution in [-0.4, -0.2) is 42.5 Å². The summed E-state index contributed by atoms with van der Waals surface area (Å²) in [6.07, 6.45) is 1.51. The number of esters is 1. The van der Waals surface area contributed by atoms with Crippen molar-refractivity contribution < 1.29 is 14.7 Å². The summed E-state index contributed by atoms with van der Waals surface area (Å²) in [4.78, 5) is 13.5. The summed E-state index contributed by atoms with van der Waals surface area (Å²) in [6.45, 7) is 3.82. The lowest BCUT2D eigenvalue weighted by Gasteiger charge is -2.29. The molecule has 0 aliphatic carbocycles. The smallest absolute Gasteiger partial charge is 0.322 e. The molecule has 2 atom stereocenters. The van der Waals surface area contributed by atoms with Crippen LogP contribution in [0.25, 0.3) is 0 Å². The molecule has 0 spiro atoms. The van der Waals surface area contributed by atoms with E-state index in [-0.39, 0.29) is 18.1 Å². The van der Waals surface area contributed by atoms with Crippen LogP contribution in [-0.2, 0) is 9.53 Å². The summed E-state index contributed by atoms with van der Waals surface area (Å²) in [5.74, 6) is -0.262. The maximum absolute atomic E-state index is 11.6. The zero-order valence-electron chi connectivity index (χ0n) is 12.2. The Kier molecular flexibility index (Phi) is 6.14. The number of hydrogen-bond donors (Lipinski definition) is 2. The lowest BCUT2D eigenvalue weighted by molar-refractivity contribution is -0.146. The van der Waals surface area contributed by atoms with Gasteiger partial charge in [-0.15, -0.1) is 0 Å². The Hall–Kier alpha value is -1.92. The van der Waals surface area contributed by atoms with Crippen molar-refractivity contribution in [2.45, 2.75) is 25.9 Å². The van der Waals surface area contributed by atoms with Gasteiger partial charge in [-0.2, -0.15) is 10.7 Å². The highest BCUT2D eigenvalue weighted by Crippen LogP contribution is 2.21. The normalized spacial score (nSPS) is 14.3. The number of methoxy groups -OCH3 is 1. The van der Waals surface area contributed by atoms with Gasteiger partial charge in [-0.3, -0.25) is 14.9 Å². The summed E-state index contributed by atoms with van der Waals surface area (Å²) >= 11 is 0. The lowest BCUT2D eigenvalue weighted by Crippen LogP contribution is -2.38. The molecule has 0 saturated carbocycles. The second-order valence-corrected chi connectivity index (χ2v) is 4.57. The number of hydrogen-bond acceptors (Lipinski definition) is 6. The van der Waals surface area contributed by atoms with Crippen molar-refractivity contribution in [2.24, 2.45) is 5.10 Å². The van der Waals surface area contributed by atoms with E-state index >= 15 is 0 Å². The van der Waals surface area contributed by atoms with E-state index in [0.717, 1.165) is 11.1 Å². The molecule has 0 aromatic heterocycles.